The largest absolute Gasteiger partial charge is 0.508 e. The number of nitrogens with zero attached hydrogens (tertiary/aromatic N) is 3. The lowest BCUT2D eigenvalue weighted by molar-refractivity contribution is -0.143. The van der Waals surface area contributed by atoms with Crippen LogP contribution < -0.4 is 15.4 Å². The fourth-order valence-corrected chi connectivity index (χ4v) is 6.20. The molecule has 3 amide bonds. The number of carbonyl (C=O) groups is 3. The molecule has 2 aromatic rings. The number of nitrogens with one attached hydrogen (secondary N) is 2. The Labute approximate surface area is 248 Å². The first kappa shape index (κ1) is 31.2. The molecule has 1 aliphatic carbocycles. The zero-order valence-corrected chi connectivity index (χ0v) is 25.1. The van der Waals surface area contributed by atoms with E-state index in [0.717, 1.165) is 42.7 Å². The van der Waals surface area contributed by atoms with Gasteiger partial charge in [0.25, 0.3) is 0 Å². The number of amides is 3. The van der Waals surface area contributed by atoms with E-state index in [9.17, 15) is 14.4 Å². The lowest BCUT2D eigenvalue weighted by Gasteiger charge is -2.47. The van der Waals surface area contributed by atoms with Gasteiger partial charge in [0.2, 0.25) is 5.91 Å². The number of hydrogen-bond donors (Lipinski definition) is 2. The predicted octanol–water partition coefficient (Wildman–Crippen LogP) is 4.00. The maximum absolute atomic E-state index is 13.9. The first-order chi connectivity index (χ1) is 20.3. The summed E-state index contributed by atoms with van der Waals surface area (Å²) < 4.78 is 18.3. The minimum atomic E-state index is -0.761. The van der Waals surface area contributed by atoms with E-state index < -0.39 is 23.8 Å². The Balaban J connectivity index is 1.43. The van der Waals surface area contributed by atoms with E-state index in [0.29, 0.717) is 45.3 Å². The highest BCUT2D eigenvalue weighted by atomic mass is 16.7. The number of hydrogen-bond acceptors (Lipinski definition) is 7. The second-order valence-corrected chi connectivity index (χ2v) is 11.3. The Hall–Kier alpha value is -3.76. The van der Waals surface area contributed by atoms with E-state index in [1.807, 2.05) is 35.9 Å². The molecule has 2 fully saturated rings. The minimum Gasteiger partial charge on any atom is -0.497 e. The van der Waals surface area contributed by atoms with Crippen LogP contribution in [0, 0.1) is 5.92 Å². The molecule has 230 valence electrons. The predicted molar refractivity (Wildman–Crippen MR) is 157 cm³/mol. The molecule has 0 radical (unpaired) electrons. The smallest absolute Gasteiger partial charge is 0.497 e. The third kappa shape index (κ3) is 8.17. The molecule has 2 N–H and O–H groups in total. The van der Waals surface area contributed by atoms with Gasteiger partial charge >= 0.3 is 12.2 Å². The average Bonchev–Trinajstić information content (AvgIpc) is 3.42. The Morgan fingerprint density at radius 2 is 1.81 bits per heavy atom. The fourth-order valence-electron chi connectivity index (χ4n) is 6.20. The summed E-state index contributed by atoms with van der Waals surface area (Å²) in [5.74, 6) is 0.825. The van der Waals surface area contributed by atoms with Crippen molar-refractivity contribution in [2.24, 2.45) is 13.0 Å². The number of likely N-dealkylation sites (tertiary alicyclic amines) is 1. The van der Waals surface area contributed by atoms with Gasteiger partial charge < -0.3 is 34.3 Å². The van der Waals surface area contributed by atoms with E-state index in [4.69, 9.17) is 14.2 Å². The van der Waals surface area contributed by atoms with Gasteiger partial charge in [0.05, 0.1) is 20.0 Å². The van der Waals surface area contributed by atoms with E-state index >= 15 is 0 Å². The standard InChI is InChI=1S/C31H45N5O6/c1-4-41-30(39)42-31(24-8-6-5-7-9-24)15-18-36(19-16-31)28(37)27(20-23-10-12-26(40-3)13-11-23)34-29(38)33-17-14-25-21-32-22-35(25)2/h10-13,21-22,24,27H,4-9,14-20H2,1-3H3,(H2,33,34,38)/t27-/m1/s1. The minimum absolute atomic E-state index is 0.152. The molecule has 0 spiro atoms. The molecule has 4 rings (SSSR count). The van der Waals surface area contributed by atoms with E-state index in [1.54, 1.807) is 31.5 Å². The van der Waals surface area contributed by atoms with E-state index in [2.05, 4.69) is 15.6 Å². The Bertz CT molecular complexity index is 1170. The van der Waals surface area contributed by atoms with Crippen LogP contribution in [0.2, 0.25) is 0 Å². The summed E-state index contributed by atoms with van der Waals surface area (Å²) in [6.45, 7) is 3.32. The van der Waals surface area contributed by atoms with Crippen molar-refractivity contribution in [3.63, 3.8) is 0 Å². The van der Waals surface area contributed by atoms with Crippen LogP contribution in [0.25, 0.3) is 0 Å². The molecule has 2 heterocycles. The molecule has 11 nitrogen and oxygen atoms in total. The van der Waals surface area contributed by atoms with Crippen LogP contribution in [0.4, 0.5) is 9.59 Å². The topological polar surface area (TPSA) is 124 Å². The highest BCUT2D eigenvalue weighted by Gasteiger charge is 2.46. The van der Waals surface area contributed by atoms with Crippen molar-refractivity contribution < 1.29 is 28.6 Å². The molecule has 0 bridgehead atoms. The van der Waals surface area contributed by atoms with Crippen molar-refractivity contribution in [3.8, 4) is 5.75 Å². The van der Waals surface area contributed by atoms with Crippen LogP contribution in [0.1, 0.15) is 63.1 Å². The zero-order chi connectivity index (χ0) is 30.0. The lowest BCUT2D eigenvalue weighted by atomic mass is 9.72. The summed E-state index contributed by atoms with van der Waals surface area (Å²) in [5.41, 5.74) is 1.27. The van der Waals surface area contributed by atoms with Crippen molar-refractivity contribution in [2.45, 2.75) is 76.4 Å². The number of carbonyl (C=O) groups excluding carboxylic acids is 3. The van der Waals surface area contributed by atoms with Crippen LogP contribution in [0.15, 0.2) is 36.8 Å². The molecular formula is C31H45N5O6. The van der Waals surface area contributed by atoms with Gasteiger partial charge in [0.1, 0.15) is 17.4 Å². The quantitative estimate of drug-likeness (QED) is 0.383. The highest BCUT2D eigenvalue weighted by Crippen LogP contribution is 2.42. The van der Waals surface area contributed by atoms with Gasteiger partial charge in [-0.2, -0.15) is 0 Å². The maximum Gasteiger partial charge on any atom is 0.508 e. The lowest BCUT2D eigenvalue weighted by Crippen LogP contribution is -2.58. The van der Waals surface area contributed by atoms with Gasteiger partial charge in [-0.15, -0.1) is 0 Å². The first-order valence-corrected chi connectivity index (χ1v) is 15.1. The SMILES string of the molecule is CCOC(=O)OC1(C2CCCCC2)CCN(C(=O)[C@@H](Cc2ccc(OC)cc2)NC(=O)NCCc2cncn2C)CC1. The molecule has 1 saturated heterocycles. The molecule has 1 saturated carbocycles. The summed E-state index contributed by atoms with van der Waals surface area (Å²) in [7, 11) is 3.51. The number of piperidine rings is 1. The number of ether oxygens (including phenoxy) is 3. The number of methoxy groups -OCH3 is 1. The Kier molecular flexibility index (Phi) is 11.1. The molecule has 1 aromatic heterocycles. The summed E-state index contributed by atoms with van der Waals surface area (Å²) in [5, 5.41) is 5.80. The second kappa shape index (κ2) is 14.9. The Morgan fingerprint density at radius 1 is 1.10 bits per heavy atom. The van der Waals surface area contributed by atoms with Crippen molar-refractivity contribution in [1.82, 2.24) is 25.1 Å². The molecule has 1 aliphatic heterocycles. The third-order valence-corrected chi connectivity index (χ3v) is 8.60. The van der Waals surface area contributed by atoms with Gasteiger partial charge in [0, 0.05) is 64.3 Å². The van der Waals surface area contributed by atoms with Crippen molar-refractivity contribution in [1.29, 1.82) is 0 Å². The van der Waals surface area contributed by atoms with Gasteiger partial charge in [0.15, 0.2) is 0 Å². The van der Waals surface area contributed by atoms with Crippen LogP contribution in [0.5, 0.6) is 5.75 Å². The van der Waals surface area contributed by atoms with Gasteiger partial charge in [-0.25, -0.2) is 14.6 Å². The summed E-state index contributed by atoms with van der Waals surface area (Å²) in [6.07, 6.45) is 10.4. The molecule has 11 heteroatoms. The van der Waals surface area contributed by atoms with Crippen LogP contribution in [-0.2, 0) is 34.2 Å². The summed E-state index contributed by atoms with van der Waals surface area (Å²) in [4.78, 5) is 45.2. The third-order valence-electron chi connectivity index (χ3n) is 8.60. The number of urea groups is 1. The first-order valence-electron chi connectivity index (χ1n) is 15.1. The zero-order valence-electron chi connectivity index (χ0n) is 25.1. The van der Waals surface area contributed by atoms with Gasteiger partial charge in [-0.1, -0.05) is 31.4 Å². The normalized spacial score (nSPS) is 17.6. The van der Waals surface area contributed by atoms with Crippen LogP contribution in [0.3, 0.4) is 0 Å². The molecule has 1 aromatic carbocycles. The van der Waals surface area contributed by atoms with Crippen molar-refractivity contribution in [3.05, 3.63) is 48.0 Å². The number of rotatable bonds is 11. The number of imidazole rings is 1. The van der Waals surface area contributed by atoms with Crippen LogP contribution in [-0.4, -0.2) is 77.5 Å². The molecular weight excluding hydrogens is 538 g/mol. The fraction of sp³-hybridized carbons (Fsp3) is 0.613. The molecule has 1 atom stereocenters. The number of aryl methyl sites for hydroxylation is 1. The maximum atomic E-state index is 13.9. The summed E-state index contributed by atoms with van der Waals surface area (Å²) in [6, 6.07) is 6.33. The van der Waals surface area contributed by atoms with E-state index in [1.165, 1.54) is 6.42 Å². The number of aromatic nitrogens is 2. The van der Waals surface area contributed by atoms with Crippen LogP contribution >= 0.6 is 0 Å². The monoisotopic (exact) mass is 583 g/mol. The Morgan fingerprint density at radius 3 is 2.43 bits per heavy atom. The average molecular weight is 584 g/mol. The van der Waals surface area contributed by atoms with E-state index in [-0.39, 0.29) is 18.4 Å². The summed E-state index contributed by atoms with van der Waals surface area (Å²) >= 11 is 0. The van der Waals surface area contributed by atoms with Crippen molar-refractivity contribution >= 4 is 18.1 Å². The van der Waals surface area contributed by atoms with Gasteiger partial charge in [-0.05, 0) is 43.4 Å². The second-order valence-electron chi connectivity index (χ2n) is 11.3. The highest BCUT2D eigenvalue weighted by molar-refractivity contribution is 5.87. The van der Waals surface area contributed by atoms with Gasteiger partial charge in [-0.3, -0.25) is 4.79 Å². The number of benzene rings is 1. The molecule has 0 unspecified atom stereocenters. The molecule has 2 aliphatic rings. The van der Waals surface area contributed by atoms with Crippen molar-refractivity contribution in [2.75, 3.05) is 33.4 Å². The molecule has 42 heavy (non-hydrogen) atoms.